The van der Waals surface area contributed by atoms with Crippen LogP contribution in [0.1, 0.15) is 29.8 Å². The highest BCUT2D eigenvalue weighted by atomic mass is 32.1. The molecule has 0 saturated heterocycles. The van der Waals surface area contributed by atoms with Gasteiger partial charge in [0.25, 0.3) is 5.91 Å². The van der Waals surface area contributed by atoms with Crippen molar-refractivity contribution in [3.05, 3.63) is 77.2 Å². The maximum Gasteiger partial charge on any atom is 0.258 e. The van der Waals surface area contributed by atoms with E-state index in [4.69, 9.17) is 0 Å². The van der Waals surface area contributed by atoms with E-state index >= 15 is 0 Å². The predicted octanol–water partition coefficient (Wildman–Crippen LogP) is 5.78. The lowest BCUT2D eigenvalue weighted by Crippen LogP contribution is -2.36. The zero-order valence-electron chi connectivity index (χ0n) is 14.2. The Bertz CT molecular complexity index is 819. The Labute approximate surface area is 147 Å². The number of hydrogen-bond donors (Lipinski definition) is 0. The minimum Gasteiger partial charge on any atom is -0.305 e. The first-order valence-electron chi connectivity index (χ1n) is 8.10. The summed E-state index contributed by atoms with van der Waals surface area (Å²) >= 11 is 1.67. The lowest BCUT2D eigenvalue weighted by Gasteiger charge is -2.26. The minimum atomic E-state index is 0.0439. The van der Waals surface area contributed by atoms with Crippen molar-refractivity contribution in [2.75, 3.05) is 4.90 Å². The Balaban J connectivity index is 1.93. The average Bonchev–Trinajstić information content (AvgIpc) is 3.05. The second kappa shape index (κ2) is 7.02. The van der Waals surface area contributed by atoms with Crippen LogP contribution in [0.3, 0.4) is 0 Å². The van der Waals surface area contributed by atoms with E-state index in [0.717, 1.165) is 16.8 Å². The standard InChI is InChI=1S/C21H21NOS/c1-15(2)22(21(23)18-11-9-16(3)10-12-18)19-13-20(24-14-19)17-7-5-4-6-8-17/h4-15H,1-3H3. The average molecular weight is 335 g/mol. The van der Waals surface area contributed by atoms with Crippen LogP contribution in [0.4, 0.5) is 5.69 Å². The quantitative estimate of drug-likeness (QED) is 0.592. The molecule has 0 saturated carbocycles. The van der Waals surface area contributed by atoms with Gasteiger partial charge in [0.2, 0.25) is 0 Å². The van der Waals surface area contributed by atoms with E-state index in [1.807, 2.05) is 68.1 Å². The zero-order valence-corrected chi connectivity index (χ0v) is 15.0. The molecule has 0 bridgehead atoms. The normalized spacial score (nSPS) is 10.8. The number of carbonyl (C=O) groups is 1. The van der Waals surface area contributed by atoms with Crippen molar-refractivity contribution in [1.82, 2.24) is 0 Å². The molecule has 1 heterocycles. The molecule has 2 nitrogen and oxygen atoms in total. The van der Waals surface area contributed by atoms with Gasteiger partial charge in [-0.3, -0.25) is 4.79 Å². The molecular formula is C21H21NOS. The molecule has 3 rings (SSSR count). The van der Waals surface area contributed by atoms with Crippen LogP contribution in [-0.2, 0) is 0 Å². The number of hydrogen-bond acceptors (Lipinski definition) is 2. The Morgan fingerprint density at radius 3 is 2.29 bits per heavy atom. The summed E-state index contributed by atoms with van der Waals surface area (Å²) in [5.74, 6) is 0.0439. The summed E-state index contributed by atoms with van der Waals surface area (Å²) in [5, 5.41) is 2.06. The van der Waals surface area contributed by atoms with Gasteiger partial charge >= 0.3 is 0 Å². The van der Waals surface area contributed by atoms with E-state index in [0.29, 0.717) is 0 Å². The topological polar surface area (TPSA) is 20.3 Å². The van der Waals surface area contributed by atoms with Crippen LogP contribution >= 0.6 is 11.3 Å². The highest BCUT2D eigenvalue weighted by molar-refractivity contribution is 7.14. The molecule has 3 aromatic rings. The van der Waals surface area contributed by atoms with Gasteiger partial charge in [0.1, 0.15) is 0 Å². The molecule has 0 aliphatic carbocycles. The minimum absolute atomic E-state index is 0.0439. The maximum absolute atomic E-state index is 13.0. The molecule has 0 unspecified atom stereocenters. The molecule has 0 spiro atoms. The molecule has 1 amide bonds. The number of anilines is 1. The Kier molecular flexibility index (Phi) is 4.81. The van der Waals surface area contributed by atoms with E-state index < -0.39 is 0 Å². The lowest BCUT2D eigenvalue weighted by molar-refractivity contribution is 0.0980. The highest BCUT2D eigenvalue weighted by Gasteiger charge is 2.22. The molecule has 0 radical (unpaired) electrons. The van der Waals surface area contributed by atoms with E-state index in [-0.39, 0.29) is 11.9 Å². The Morgan fingerprint density at radius 2 is 1.67 bits per heavy atom. The van der Waals surface area contributed by atoms with Crippen molar-refractivity contribution in [3.8, 4) is 10.4 Å². The number of thiophene rings is 1. The van der Waals surface area contributed by atoms with Gasteiger partial charge in [-0.05, 0) is 44.5 Å². The summed E-state index contributed by atoms with van der Waals surface area (Å²) in [7, 11) is 0. The number of carbonyl (C=O) groups excluding carboxylic acids is 1. The fourth-order valence-electron chi connectivity index (χ4n) is 2.69. The van der Waals surface area contributed by atoms with Gasteiger partial charge in [0.15, 0.2) is 0 Å². The van der Waals surface area contributed by atoms with Gasteiger partial charge < -0.3 is 4.90 Å². The molecule has 0 aliphatic heterocycles. The molecule has 3 heteroatoms. The first-order chi connectivity index (χ1) is 11.6. The molecule has 0 atom stereocenters. The van der Waals surface area contributed by atoms with Crippen LogP contribution in [0, 0.1) is 6.92 Å². The Hall–Kier alpha value is -2.39. The Morgan fingerprint density at radius 1 is 1.00 bits per heavy atom. The molecule has 0 fully saturated rings. The van der Waals surface area contributed by atoms with E-state index in [9.17, 15) is 4.79 Å². The summed E-state index contributed by atoms with van der Waals surface area (Å²) < 4.78 is 0. The van der Waals surface area contributed by atoms with E-state index in [1.54, 1.807) is 11.3 Å². The third-order valence-electron chi connectivity index (χ3n) is 3.96. The maximum atomic E-state index is 13.0. The summed E-state index contributed by atoms with van der Waals surface area (Å²) in [6, 6.07) is 20.2. The van der Waals surface area contributed by atoms with Gasteiger partial charge in [0, 0.05) is 21.9 Å². The predicted molar refractivity (Wildman–Crippen MR) is 103 cm³/mol. The summed E-state index contributed by atoms with van der Waals surface area (Å²) in [6.45, 7) is 6.12. The first-order valence-corrected chi connectivity index (χ1v) is 8.98. The van der Waals surface area contributed by atoms with Crippen LogP contribution in [0.2, 0.25) is 0 Å². The van der Waals surface area contributed by atoms with Crippen molar-refractivity contribution < 1.29 is 4.79 Å². The van der Waals surface area contributed by atoms with Gasteiger partial charge in [0.05, 0.1) is 5.69 Å². The molecule has 1 aromatic heterocycles. The molecule has 24 heavy (non-hydrogen) atoms. The van der Waals surface area contributed by atoms with Crippen molar-refractivity contribution in [3.63, 3.8) is 0 Å². The largest absolute Gasteiger partial charge is 0.305 e. The third-order valence-corrected chi connectivity index (χ3v) is 4.92. The zero-order chi connectivity index (χ0) is 17.1. The van der Waals surface area contributed by atoms with Crippen LogP contribution in [0.15, 0.2) is 66.0 Å². The fraction of sp³-hybridized carbons (Fsp3) is 0.190. The molecule has 122 valence electrons. The van der Waals surface area contributed by atoms with Gasteiger partial charge in [-0.2, -0.15) is 0 Å². The summed E-state index contributed by atoms with van der Waals surface area (Å²) in [4.78, 5) is 16.0. The van der Waals surface area contributed by atoms with Crippen molar-refractivity contribution in [2.45, 2.75) is 26.8 Å². The van der Waals surface area contributed by atoms with E-state index in [1.165, 1.54) is 10.4 Å². The monoisotopic (exact) mass is 335 g/mol. The number of aryl methyl sites for hydroxylation is 1. The molecule has 0 N–H and O–H groups in total. The number of nitrogens with zero attached hydrogens (tertiary/aromatic N) is 1. The number of rotatable bonds is 4. The van der Waals surface area contributed by atoms with Crippen molar-refractivity contribution in [1.29, 1.82) is 0 Å². The van der Waals surface area contributed by atoms with Gasteiger partial charge in [-0.15, -0.1) is 11.3 Å². The van der Waals surface area contributed by atoms with Crippen LogP contribution in [0.25, 0.3) is 10.4 Å². The summed E-state index contributed by atoms with van der Waals surface area (Å²) in [6.07, 6.45) is 0. The van der Waals surface area contributed by atoms with E-state index in [2.05, 4.69) is 23.6 Å². The third kappa shape index (κ3) is 3.41. The number of amides is 1. The van der Waals surface area contributed by atoms with Crippen LogP contribution in [-0.4, -0.2) is 11.9 Å². The molecular weight excluding hydrogens is 314 g/mol. The highest BCUT2D eigenvalue weighted by Crippen LogP contribution is 2.33. The number of benzene rings is 2. The second-order valence-electron chi connectivity index (χ2n) is 6.17. The van der Waals surface area contributed by atoms with Crippen LogP contribution in [0.5, 0.6) is 0 Å². The fourth-order valence-corrected chi connectivity index (χ4v) is 3.58. The SMILES string of the molecule is Cc1ccc(C(=O)N(c2csc(-c3ccccc3)c2)C(C)C)cc1. The summed E-state index contributed by atoms with van der Waals surface area (Å²) in [5.41, 5.74) is 4.02. The van der Waals surface area contributed by atoms with Crippen molar-refractivity contribution in [2.24, 2.45) is 0 Å². The van der Waals surface area contributed by atoms with Gasteiger partial charge in [-0.25, -0.2) is 0 Å². The van der Waals surface area contributed by atoms with Gasteiger partial charge in [-0.1, -0.05) is 48.0 Å². The second-order valence-corrected chi connectivity index (χ2v) is 7.08. The first kappa shape index (κ1) is 16.5. The smallest absolute Gasteiger partial charge is 0.258 e. The van der Waals surface area contributed by atoms with Crippen molar-refractivity contribution >= 4 is 22.9 Å². The molecule has 2 aromatic carbocycles. The lowest BCUT2D eigenvalue weighted by atomic mass is 10.1. The molecule has 0 aliphatic rings. The van der Waals surface area contributed by atoms with Crippen LogP contribution < -0.4 is 4.90 Å².